The smallest absolute Gasteiger partial charge is 0.258 e. The second-order valence-electron chi connectivity index (χ2n) is 3.85. The van der Waals surface area contributed by atoms with E-state index in [9.17, 15) is 4.79 Å². The minimum absolute atomic E-state index is 0.157. The highest BCUT2D eigenvalue weighted by atomic mass is 35.5. The zero-order valence-corrected chi connectivity index (χ0v) is 12.4. The lowest BCUT2D eigenvalue weighted by Crippen LogP contribution is -2.28. The van der Waals surface area contributed by atoms with Gasteiger partial charge in [-0.1, -0.05) is 23.2 Å². The summed E-state index contributed by atoms with van der Waals surface area (Å²) >= 11 is 17.3. The summed E-state index contributed by atoms with van der Waals surface area (Å²) in [6.07, 6.45) is 0. The number of rotatable bonds is 5. The molecule has 1 N–H and O–H groups in total. The third-order valence-electron chi connectivity index (χ3n) is 2.34. The molecule has 0 unspecified atom stereocenters. The molecule has 0 saturated heterocycles. The number of benzene rings is 1. The molecular weight excluding hydrogens is 325 g/mol. The molecule has 0 fully saturated rings. The fraction of sp³-hybridized carbons (Fsp3) is 0.154. The van der Waals surface area contributed by atoms with Gasteiger partial charge in [-0.3, -0.25) is 4.79 Å². The van der Waals surface area contributed by atoms with Gasteiger partial charge in [-0.05, 0) is 41.9 Å². The van der Waals surface area contributed by atoms with Crippen LogP contribution in [0.15, 0.2) is 34.7 Å². The van der Waals surface area contributed by atoms with Gasteiger partial charge in [-0.2, -0.15) is 0 Å². The van der Waals surface area contributed by atoms with Crippen LogP contribution in [0.4, 0.5) is 0 Å². The van der Waals surface area contributed by atoms with Crippen molar-refractivity contribution in [1.82, 2.24) is 5.32 Å². The molecule has 0 bridgehead atoms. The Bertz CT molecular complexity index is 613. The molecule has 1 aromatic heterocycles. The van der Waals surface area contributed by atoms with Crippen molar-refractivity contribution >= 4 is 40.7 Å². The number of furan rings is 1. The highest BCUT2D eigenvalue weighted by Crippen LogP contribution is 2.27. The van der Waals surface area contributed by atoms with Gasteiger partial charge in [0.1, 0.15) is 11.5 Å². The molecule has 1 amide bonds. The number of hydrogen-bond acceptors (Lipinski definition) is 3. The Morgan fingerprint density at radius 3 is 2.65 bits per heavy atom. The van der Waals surface area contributed by atoms with Crippen LogP contribution in [0.2, 0.25) is 15.3 Å². The fourth-order valence-electron chi connectivity index (χ4n) is 1.42. The molecule has 0 saturated carbocycles. The number of nitrogens with one attached hydrogen (secondary N) is 1. The maximum atomic E-state index is 11.6. The zero-order valence-electron chi connectivity index (χ0n) is 10.2. The van der Waals surface area contributed by atoms with Gasteiger partial charge < -0.3 is 14.5 Å². The Balaban J connectivity index is 1.80. The van der Waals surface area contributed by atoms with Gasteiger partial charge in [-0.15, -0.1) is 0 Å². The van der Waals surface area contributed by atoms with Gasteiger partial charge in [0, 0.05) is 5.02 Å². The first-order valence-electron chi connectivity index (χ1n) is 5.63. The van der Waals surface area contributed by atoms with E-state index in [0.717, 1.165) is 0 Å². The molecular formula is C13H10Cl3NO3. The fourth-order valence-corrected chi connectivity index (χ4v) is 2.04. The van der Waals surface area contributed by atoms with E-state index in [1.54, 1.807) is 30.3 Å². The van der Waals surface area contributed by atoms with Crippen LogP contribution < -0.4 is 10.1 Å². The van der Waals surface area contributed by atoms with Crippen molar-refractivity contribution in [2.45, 2.75) is 6.54 Å². The van der Waals surface area contributed by atoms with Gasteiger partial charge in [0.05, 0.1) is 11.6 Å². The van der Waals surface area contributed by atoms with Gasteiger partial charge in [-0.25, -0.2) is 0 Å². The first-order chi connectivity index (χ1) is 9.54. The second-order valence-corrected chi connectivity index (χ2v) is 5.06. The van der Waals surface area contributed by atoms with Crippen molar-refractivity contribution in [2.75, 3.05) is 6.61 Å². The molecule has 1 aromatic carbocycles. The van der Waals surface area contributed by atoms with Crippen LogP contribution in [-0.2, 0) is 11.3 Å². The molecule has 106 valence electrons. The van der Waals surface area contributed by atoms with E-state index in [1.807, 2.05) is 0 Å². The molecule has 0 atom stereocenters. The molecule has 0 aliphatic rings. The summed E-state index contributed by atoms with van der Waals surface area (Å²) in [6, 6.07) is 8.06. The summed E-state index contributed by atoms with van der Waals surface area (Å²) in [7, 11) is 0. The van der Waals surface area contributed by atoms with Crippen molar-refractivity contribution in [3.8, 4) is 5.75 Å². The average molecular weight is 335 g/mol. The largest absolute Gasteiger partial charge is 0.482 e. The molecule has 0 aliphatic heterocycles. The number of carbonyl (C=O) groups is 1. The molecule has 2 rings (SSSR count). The van der Waals surface area contributed by atoms with Crippen LogP contribution in [0.5, 0.6) is 5.75 Å². The quantitative estimate of drug-likeness (QED) is 0.901. The maximum absolute atomic E-state index is 11.6. The van der Waals surface area contributed by atoms with E-state index in [-0.39, 0.29) is 24.3 Å². The predicted octanol–water partition coefficient (Wildman–Crippen LogP) is 3.94. The predicted molar refractivity (Wildman–Crippen MR) is 77.5 cm³/mol. The van der Waals surface area contributed by atoms with Gasteiger partial charge in [0.2, 0.25) is 0 Å². The number of carbonyl (C=O) groups excluding carboxylic acids is 1. The van der Waals surface area contributed by atoms with E-state index < -0.39 is 0 Å². The number of hydrogen-bond donors (Lipinski definition) is 1. The van der Waals surface area contributed by atoms with Gasteiger partial charge in [0.25, 0.3) is 5.91 Å². The molecule has 0 radical (unpaired) electrons. The normalized spacial score (nSPS) is 10.3. The van der Waals surface area contributed by atoms with Crippen molar-refractivity contribution < 1.29 is 13.9 Å². The van der Waals surface area contributed by atoms with Gasteiger partial charge >= 0.3 is 0 Å². The lowest BCUT2D eigenvalue weighted by atomic mass is 10.3. The highest BCUT2D eigenvalue weighted by Gasteiger charge is 2.07. The first kappa shape index (κ1) is 15.0. The molecule has 7 heteroatoms. The topological polar surface area (TPSA) is 51.5 Å². The summed E-state index contributed by atoms with van der Waals surface area (Å²) in [5.74, 6) is 0.656. The van der Waals surface area contributed by atoms with Crippen LogP contribution in [-0.4, -0.2) is 12.5 Å². The monoisotopic (exact) mass is 333 g/mol. The lowest BCUT2D eigenvalue weighted by Gasteiger charge is -2.08. The first-order valence-corrected chi connectivity index (χ1v) is 6.77. The van der Waals surface area contributed by atoms with Crippen LogP contribution in [0.1, 0.15) is 5.76 Å². The summed E-state index contributed by atoms with van der Waals surface area (Å²) in [6.45, 7) is 0.0824. The Hall–Kier alpha value is -1.36. The highest BCUT2D eigenvalue weighted by molar-refractivity contribution is 6.35. The van der Waals surface area contributed by atoms with Crippen molar-refractivity contribution in [3.05, 3.63) is 51.4 Å². The van der Waals surface area contributed by atoms with Crippen molar-refractivity contribution in [3.63, 3.8) is 0 Å². The molecule has 1 heterocycles. The van der Waals surface area contributed by atoms with Gasteiger partial charge in [0.15, 0.2) is 11.8 Å². The third kappa shape index (κ3) is 4.34. The molecule has 2 aromatic rings. The van der Waals surface area contributed by atoms with Crippen molar-refractivity contribution in [1.29, 1.82) is 0 Å². The summed E-state index contributed by atoms with van der Waals surface area (Å²) < 4.78 is 10.4. The minimum atomic E-state index is -0.302. The number of ether oxygens (including phenoxy) is 1. The molecule has 4 nitrogen and oxygen atoms in total. The summed E-state index contributed by atoms with van der Waals surface area (Å²) in [4.78, 5) is 11.6. The van der Waals surface area contributed by atoms with Crippen LogP contribution in [0, 0.1) is 0 Å². The second kappa shape index (κ2) is 6.88. The van der Waals surface area contributed by atoms with E-state index in [4.69, 9.17) is 44.0 Å². The maximum Gasteiger partial charge on any atom is 0.258 e. The molecule has 20 heavy (non-hydrogen) atoms. The van der Waals surface area contributed by atoms with E-state index in [0.29, 0.717) is 21.6 Å². The van der Waals surface area contributed by atoms with Crippen molar-refractivity contribution in [2.24, 2.45) is 0 Å². The number of amides is 1. The third-order valence-corrected chi connectivity index (χ3v) is 3.07. The lowest BCUT2D eigenvalue weighted by molar-refractivity contribution is -0.123. The van der Waals surface area contributed by atoms with Crippen LogP contribution >= 0.6 is 34.8 Å². The number of halogens is 3. The summed E-state index contributed by atoms with van der Waals surface area (Å²) in [5.41, 5.74) is 0. The standard InChI is InChI=1S/C13H10Cl3NO3/c14-8-1-3-11(10(15)5-8)19-7-13(18)17-6-9-2-4-12(16)20-9/h1-5H,6-7H2,(H,17,18). The zero-order chi connectivity index (χ0) is 14.5. The summed E-state index contributed by atoms with van der Waals surface area (Å²) in [5, 5.41) is 3.76. The Morgan fingerprint density at radius 2 is 2.00 bits per heavy atom. The SMILES string of the molecule is O=C(COc1ccc(Cl)cc1Cl)NCc1ccc(Cl)o1. The average Bonchev–Trinajstić information content (AvgIpc) is 2.81. The Kier molecular flexibility index (Phi) is 5.17. The van der Waals surface area contributed by atoms with Crippen LogP contribution in [0.3, 0.4) is 0 Å². The Labute approximate surface area is 130 Å². The van der Waals surface area contributed by atoms with E-state index in [2.05, 4.69) is 5.32 Å². The molecule has 0 spiro atoms. The van der Waals surface area contributed by atoms with Crippen LogP contribution in [0.25, 0.3) is 0 Å². The molecule has 0 aliphatic carbocycles. The Morgan fingerprint density at radius 1 is 1.20 bits per heavy atom. The van der Waals surface area contributed by atoms with E-state index >= 15 is 0 Å². The minimum Gasteiger partial charge on any atom is -0.482 e. The van der Waals surface area contributed by atoms with E-state index in [1.165, 1.54) is 0 Å².